The number of hydrogen-bond donors (Lipinski definition) is 0. The van der Waals surface area contributed by atoms with Gasteiger partial charge in [-0.15, -0.1) is 0 Å². The maximum atomic E-state index is 12.5. The fraction of sp³-hybridized carbons (Fsp3) is 0.438. The van der Waals surface area contributed by atoms with E-state index in [1.54, 1.807) is 28.0 Å². The summed E-state index contributed by atoms with van der Waals surface area (Å²) in [5, 5.41) is 14.9. The Kier molecular flexibility index (Phi) is 4.92. The Morgan fingerprint density at radius 2 is 2.00 bits per heavy atom. The molecular weight excluding hydrogens is 324 g/mol. The van der Waals surface area contributed by atoms with Crippen molar-refractivity contribution in [3.05, 3.63) is 46.4 Å². The van der Waals surface area contributed by atoms with Gasteiger partial charge in [-0.25, -0.2) is 4.98 Å². The largest absolute Gasteiger partial charge is 0.353 e. The standard InChI is InChI=1S/C16H20N6O3/c1-2-5-21-12-13(10-18-21)16(23)20-8-6-19(7-9-20)15-4-3-14(11-17-15)22(24)25/h3-4,10-12H,2,5-9H2,1H3. The minimum absolute atomic E-state index is 0.0151. The van der Waals surface area contributed by atoms with Gasteiger partial charge in [0.15, 0.2) is 0 Å². The molecule has 0 N–H and O–H groups in total. The SMILES string of the molecule is CCCn1cc(C(=O)N2CCN(c3ccc([N+](=O)[O-])cn3)CC2)cn1. The molecule has 0 spiro atoms. The van der Waals surface area contributed by atoms with Gasteiger partial charge in [0.25, 0.3) is 11.6 Å². The van der Waals surface area contributed by atoms with Crippen molar-refractivity contribution in [3.8, 4) is 0 Å². The zero-order valence-electron chi connectivity index (χ0n) is 14.0. The molecule has 2 aromatic rings. The third-order valence-corrected chi connectivity index (χ3v) is 4.17. The molecule has 0 atom stereocenters. The van der Waals surface area contributed by atoms with Crippen molar-refractivity contribution in [3.63, 3.8) is 0 Å². The van der Waals surface area contributed by atoms with Gasteiger partial charge < -0.3 is 9.80 Å². The third kappa shape index (κ3) is 3.76. The van der Waals surface area contributed by atoms with Crippen LogP contribution in [0.1, 0.15) is 23.7 Å². The van der Waals surface area contributed by atoms with Gasteiger partial charge in [0, 0.05) is 45.0 Å². The Morgan fingerprint density at radius 1 is 1.24 bits per heavy atom. The zero-order chi connectivity index (χ0) is 17.8. The molecule has 9 heteroatoms. The minimum Gasteiger partial charge on any atom is -0.353 e. The van der Waals surface area contributed by atoms with Crippen LogP contribution in [0.25, 0.3) is 0 Å². The molecule has 1 saturated heterocycles. The van der Waals surface area contributed by atoms with Gasteiger partial charge in [-0.3, -0.25) is 19.6 Å². The van der Waals surface area contributed by atoms with Crippen molar-refractivity contribution in [1.29, 1.82) is 0 Å². The number of carbonyl (C=O) groups is 1. The topological polar surface area (TPSA) is 97.4 Å². The van der Waals surface area contributed by atoms with Crippen LogP contribution < -0.4 is 4.90 Å². The summed E-state index contributed by atoms with van der Waals surface area (Å²) in [6.45, 7) is 5.30. The molecule has 1 fully saturated rings. The molecule has 0 bridgehead atoms. The maximum Gasteiger partial charge on any atom is 0.287 e. The second-order valence-corrected chi connectivity index (χ2v) is 5.90. The zero-order valence-corrected chi connectivity index (χ0v) is 14.0. The molecule has 0 saturated carbocycles. The van der Waals surface area contributed by atoms with Gasteiger partial charge in [-0.05, 0) is 12.5 Å². The van der Waals surface area contributed by atoms with Crippen LogP contribution in [0.2, 0.25) is 0 Å². The van der Waals surface area contributed by atoms with Crippen molar-refractivity contribution in [2.24, 2.45) is 0 Å². The van der Waals surface area contributed by atoms with Crippen LogP contribution in [0.15, 0.2) is 30.7 Å². The molecule has 1 amide bonds. The number of pyridine rings is 1. The highest BCUT2D eigenvalue weighted by atomic mass is 16.6. The highest BCUT2D eigenvalue weighted by Crippen LogP contribution is 2.18. The predicted molar refractivity (Wildman–Crippen MR) is 91.5 cm³/mol. The second kappa shape index (κ2) is 7.29. The van der Waals surface area contributed by atoms with E-state index in [0.29, 0.717) is 37.6 Å². The minimum atomic E-state index is -0.466. The summed E-state index contributed by atoms with van der Waals surface area (Å²) >= 11 is 0. The van der Waals surface area contributed by atoms with E-state index in [1.807, 2.05) is 4.90 Å². The Morgan fingerprint density at radius 3 is 2.60 bits per heavy atom. The smallest absolute Gasteiger partial charge is 0.287 e. The molecule has 2 aromatic heterocycles. The number of nitrogens with zero attached hydrogens (tertiary/aromatic N) is 6. The van der Waals surface area contributed by atoms with E-state index in [9.17, 15) is 14.9 Å². The molecule has 1 aliphatic rings. The molecule has 3 rings (SSSR count). The van der Waals surface area contributed by atoms with E-state index in [2.05, 4.69) is 17.0 Å². The Labute approximate surface area is 145 Å². The van der Waals surface area contributed by atoms with Crippen LogP contribution in [-0.2, 0) is 6.54 Å². The lowest BCUT2D eigenvalue weighted by molar-refractivity contribution is -0.385. The first kappa shape index (κ1) is 16.9. The average molecular weight is 344 g/mol. The van der Waals surface area contributed by atoms with Crippen molar-refractivity contribution >= 4 is 17.4 Å². The molecule has 0 aliphatic carbocycles. The van der Waals surface area contributed by atoms with Gasteiger partial charge >= 0.3 is 0 Å². The number of amides is 1. The van der Waals surface area contributed by atoms with E-state index in [-0.39, 0.29) is 11.6 Å². The lowest BCUT2D eigenvalue weighted by atomic mass is 10.2. The summed E-state index contributed by atoms with van der Waals surface area (Å²) in [6, 6.07) is 3.09. The molecule has 132 valence electrons. The molecule has 0 aromatic carbocycles. The highest BCUT2D eigenvalue weighted by molar-refractivity contribution is 5.93. The van der Waals surface area contributed by atoms with Crippen molar-refractivity contribution in [2.45, 2.75) is 19.9 Å². The first-order valence-electron chi connectivity index (χ1n) is 8.25. The summed E-state index contributed by atoms with van der Waals surface area (Å²) in [7, 11) is 0. The lowest BCUT2D eigenvalue weighted by Crippen LogP contribution is -2.49. The lowest BCUT2D eigenvalue weighted by Gasteiger charge is -2.35. The maximum absolute atomic E-state index is 12.5. The van der Waals surface area contributed by atoms with E-state index in [0.717, 1.165) is 13.0 Å². The van der Waals surface area contributed by atoms with Crippen molar-refractivity contribution < 1.29 is 9.72 Å². The van der Waals surface area contributed by atoms with E-state index < -0.39 is 4.92 Å². The van der Waals surface area contributed by atoms with Gasteiger partial charge in [-0.2, -0.15) is 5.10 Å². The Hall–Kier alpha value is -2.97. The summed E-state index contributed by atoms with van der Waals surface area (Å²) < 4.78 is 1.78. The summed E-state index contributed by atoms with van der Waals surface area (Å²) in [5.74, 6) is 0.673. The number of anilines is 1. The molecule has 25 heavy (non-hydrogen) atoms. The van der Waals surface area contributed by atoms with Crippen LogP contribution in [0.5, 0.6) is 0 Å². The van der Waals surface area contributed by atoms with Crippen LogP contribution >= 0.6 is 0 Å². The molecule has 1 aliphatic heterocycles. The number of nitro groups is 1. The highest BCUT2D eigenvalue weighted by Gasteiger charge is 2.24. The molecule has 0 radical (unpaired) electrons. The number of carbonyl (C=O) groups excluding carboxylic acids is 1. The summed E-state index contributed by atoms with van der Waals surface area (Å²) in [6.07, 6.45) is 5.63. The fourth-order valence-corrected chi connectivity index (χ4v) is 2.82. The number of aromatic nitrogens is 3. The van der Waals surface area contributed by atoms with Crippen LogP contribution in [0.3, 0.4) is 0 Å². The van der Waals surface area contributed by atoms with Crippen molar-refractivity contribution in [2.75, 3.05) is 31.1 Å². The normalized spacial score (nSPS) is 14.6. The first-order valence-corrected chi connectivity index (χ1v) is 8.25. The fourth-order valence-electron chi connectivity index (χ4n) is 2.82. The van der Waals surface area contributed by atoms with E-state index in [1.165, 1.54) is 12.3 Å². The summed E-state index contributed by atoms with van der Waals surface area (Å²) in [4.78, 5) is 30.7. The predicted octanol–water partition coefficient (Wildman–Crippen LogP) is 1.56. The number of hydrogen-bond acceptors (Lipinski definition) is 6. The van der Waals surface area contributed by atoms with E-state index in [4.69, 9.17) is 0 Å². The van der Waals surface area contributed by atoms with Crippen molar-refractivity contribution in [1.82, 2.24) is 19.7 Å². The molecule has 3 heterocycles. The number of aryl methyl sites for hydroxylation is 1. The molecule has 9 nitrogen and oxygen atoms in total. The Bertz CT molecular complexity index is 749. The number of rotatable bonds is 5. The van der Waals surface area contributed by atoms with Gasteiger partial charge in [0.2, 0.25) is 0 Å². The monoisotopic (exact) mass is 344 g/mol. The van der Waals surface area contributed by atoms with Crippen LogP contribution in [0, 0.1) is 10.1 Å². The number of piperazine rings is 1. The summed E-state index contributed by atoms with van der Waals surface area (Å²) in [5.41, 5.74) is 0.581. The van der Waals surface area contributed by atoms with Gasteiger partial charge in [-0.1, -0.05) is 6.92 Å². The molecular formula is C16H20N6O3. The van der Waals surface area contributed by atoms with Crippen LogP contribution in [0.4, 0.5) is 11.5 Å². The van der Waals surface area contributed by atoms with Gasteiger partial charge in [0.05, 0.1) is 16.7 Å². The third-order valence-electron chi connectivity index (χ3n) is 4.17. The second-order valence-electron chi connectivity index (χ2n) is 5.90. The first-order chi connectivity index (χ1) is 12.1. The Balaban J connectivity index is 1.59. The van der Waals surface area contributed by atoms with E-state index >= 15 is 0 Å². The molecule has 0 unspecified atom stereocenters. The van der Waals surface area contributed by atoms with Crippen LogP contribution in [-0.4, -0.2) is 56.7 Å². The van der Waals surface area contributed by atoms with Gasteiger partial charge in [0.1, 0.15) is 12.0 Å². The average Bonchev–Trinajstić information content (AvgIpc) is 3.10. The quantitative estimate of drug-likeness (QED) is 0.603.